The number of carbonyl (C=O) groups is 2. The van der Waals surface area contributed by atoms with Gasteiger partial charge in [-0.3, -0.25) is 13.9 Å². The summed E-state index contributed by atoms with van der Waals surface area (Å²) in [5.41, 5.74) is 1.41. The Kier molecular flexibility index (Phi) is 9.36. The number of nitrogens with zero attached hydrogens (tertiary/aromatic N) is 2. The summed E-state index contributed by atoms with van der Waals surface area (Å²) < 4.78 is 26.8. The van der Waals surface area contributed by atoms with Crippen molar-refractivity contribution in [2.24, 2.45) is 0 Å². The lowest BCUT2D eigenvalue weighted by atomic mass is 10.0. The van der Waals surface area contributed by atoms with E-state index in [2.05, 4.69) is 5.32 Å². The van der Waals surface area contributed by atoms with Crippen molar-refractivity contribution < 1.29 is 18.0 Å². The summed E-state index contributed by atoms with van der Waals surface area (Å²) in [6, 6.07) is 13.3. The Morgan fingerprint density at radius 2 is 1.57 bits per heavy atom. The monoisotopic (exact) mass is 521 g/mol. The van der Waals surface area contributed by atoms with Gasteiger partial charge in [0.2, 0.25) is 21.8 Å². The molecule has 9 heteroatoms. The summed E-state index contributed by atoms with van der Waals surface area (Å²) >= 11 is 6.35. The van der Waals surface area contributed by atoms with E-state index in [1.165, 1.54) is 4.90 Å². The first-order valence-electron chi connectivity index (χ1n) is 11.5. The van der Waals surface area contributed by atoms with Gasteiger partial charge in [-0.05, 0) is 56.9 Å². The summed E-state index contributed by atoms with van der Waals surface area (Å²) in [7, 11) is -3.80. The maximum Gasteiger partial charge on any atom is 0.244 e. The predicted molar refractivity (Wildman–Crippen MR) is 142 cm³/mol. The second-order valence-corrected chi connectivity index (χ2v) is 12.3. The van der Waals surface area contributed by atoms with Gasteiger partial charge in [-0.15, -0.1) is 0 Å². The number of hydrogen-bond acceptors (Lipinski definition) is 4. The van der Waals surface area contributed by atoms with Gasteiger partial charge < -0.3 is 10.2 Å². The molecule has 192 valence electrons. The van der Waals surface area contributed by atoms with Gasteiger partial charge in [0.1, 0.15) is 12.6 Å². The van der Waals surface area contributed by atoms with Crippen LogP contribution < -0.4 is 9.62 Å². The van der Waals surface area contributed by atoms with E-state index in [4.69, 9.17) is 11.6 Å². The number of sulfonamides is 1. The fourth-order valence-corrected chi connectivity index (χ4v) is 4.73. The molecule has 0 aliphatic rings. The van der Waals surface area contributed by atoms with Crippen molar-refractivity contribution in [2.75, 3.05) is 17.1 Å². The van der Waals surface area contributed by atoms with Crippen molar-refractivity contribution >= 4 is 39.1 Å². The maximum atomic E-state index is 13.7. The van der Waals surface area contributed by atoms with E-state index in [1.54, 1.807) is 43.3 Å². The standard InChI is InChI=1S/C26H36ClN3O4S/c1-18(2)21-13-9-11-15-23(21)30(35(7,33)34)17-24(31)29(16-20-12-8-10-14-22(20)27)19(3)25(32)28-26(4,5)6/h8-15,18-19H,16-17H2,1-7H3,(H,28,32). The van der Waals surface area contributed by atoms with Gasteiger partial charge in [0.05, 0.1) is 11.9 Å². The van der Waals surface area contributed by atoms with Crippen LogP contribution in [-0.2, 0) is 26.2 Å². The molecule has 2 amide bonds. The zero-order valence-electron chi connectivity index (χ0n) is 21.5. The van der Waals surface area contributed by atoms with Gasteiger partial charge in [-0.2, -0.15) is 0 Å². The maximum absolute atomic E-state index is 13.7. The first kappa shape index (κ1) is 28.7. The van der Waals surface area contributed by atoms with Crippen LogP contribution in [0.2, 0.25) is 5.02 Å². The summed E-state index contributed by atoms with van der Waals surface area (Å²) in [5.74, 6) is -0.807. The van der Waals surface area contributed by atoms with Crippen LogP contribution in [0.15, 0.2) is 48.5 Å². The van der Waals surface area contributed by atoms with E-state index >= 15 is 0 Å². The van der Waals surface area contributed by atoms with Crippen LogP contribution in [-0.4, -0.2) is 49.5 Å². The Morgan fingerprint density at radius 1 is 1.00 bits per heavy atom. The number of rotatable bonds is 9. The van der Waals surface area contributed by atoms with E-state index in [-0.39, 0.29) is 18.4 Å². The quantitative estimate of drug-likeness (QED) is 0.524. The van der Waals surface area contributed by atoms with Crippen LogP contribution in [0.5, 0.6) is 0 Å². The van der Waals surface area contributed by atoms with Crippen molar-refractivity contribution in [3.8, 4) is 0 Å². The number of amides is 2. The molecule has 1 unspecified atom stereocenters. The molecule has 0 aliphatic heterocycles. The molecule has 2 rings (SSSR count). The minimum absolute atomic E-state index is 0.0428. The van der Waals surface area contributed by atoms with Gasteiger partial charge in [0.25, 0.3) is 0 Å². The molecule has 2 aromatic rings. The minimum atomic E-state index is -3.80. The van der Waals surface area contributed by atoms with E-state index in [0.29, 0.717) is 16.3 Å². The summed E-state index contributed by atoms with van der Waals surface area (Å²) in [4.78, 5) is 28.1. The molecule has 0 fully saturated rings. The molecule has 0 saturated heterocycles. The molecule has 7 nitrogen and oxygen atoms in total. The molecule has 1 atom stereocenters. The Bertz CT molecular complexity index is 1160. The fourth-order valence-electron chi connectivity index (χ4n) is 3.66. The van der Waals surface area contributed by atoms with E-state index in [0.717, 1.165) is 16.1 Å². The Balaban J connectivity index is 2.49. The molecular weight excluding hydrogens is 486 g/mol. The van der Waals surface area contributed by atoms with E-state index in [1.807, 2.05) is 46.8 Å². The molecule has 0 bridgehead atoms. The van der Waals surface area contributed by atoms with Crippen LogP contribution in [0.1, 0.15) is 58.6 Å². The van der Waals surface area contributed by atoms with Gasteiger partial charge >= 0.3 is 0 Å². The van der Waals surface area contributed by atoms with Crippen molar-refractivity contribution in [1.82, 2.24) is 10.2 Å². The lowest BCUT2D eigenvalue weighted by Crippen LogP contribution is -2.54. The van der Waals surface area contributed by atoms with Crippen LogP contribution in [0.25, 0.3) is 0 Å². The van der Waals surface area contributed by atoms with Crippen LogP contribution >= 0.6 is 11.6 Å². The molecule has 0 saturated carbocycles. The third kappa shape index (κ3) is 7.97. The zero-order chi connectivity index (χ0) is 26.6. The van der Waals surface area contributed by atoms with E-state index in [9.17, 15) is 18.0 Å². The Hall–Kier alpha value is -2.58. The van der Waals surface area contributed by atoms with Gasteiger partial charge in [-0.1, -0.05) is 61.8 Å². The average Bonchev–Trinajstić information content (AvgIpc) is 2.74. The summed E-state index contributed by atoms with van der Waals surface area (Å²) in [6.45, 7) is 10.7. The van der Waals surface area contributed by atoms with Crippen LogP contribution in [0.3, 0.4) is 0 Å². The SMILES string of the molecule is CC(C)c1ccccc1N(CC(=O)N(Cc1ccccc1Cl)C(C)C(=O)NC(C)(C)C)S(C)(=O)=O. The van der Waals surface area contributed by atoms with Gasteiger partial charge in [-0.25, -0.2) is 8.42 Å². The molecule has 1 N–H and O–H groups in total. The zero-order valence-corrected chi connectivity index (χ0v) is 23.1. The lowest BCUT2D eigenvalue weighted by molar-refractivity contribution is -0.140. The molecule has 0 spiro atoms. The molecule has 0 heterocycles. The topological polar surface area (TPSA) is 86.8 Å². The Morgan fingerprint density at radius 3 is 2.11 bits per heavy atom. The second-order valence-electron chi connectivity index (χ2n) is 10.0. The number of nitrogens with one attached hydrogen (secondary N) is 1. The summed E-state index contributed by atoms with van der Waals surface area (Å²) in [5, 5.41) is 3.35. The molecule has 35 heavy (non-hydrogen) atoms. The number of benzene rings is 2. The second kappa shape index (κ2) is 11.4. The van der Waals surface area contributed by atoms with Crippen molar-refractivity contribution in [1.29, 1.82) is 0 Å². The highest BCUT2D eigenvalue weighted by molar-refractivity contribution is 7.92. The summed E-state index contributed by atoms with van der Waals surface area (Å²) in [6.07, 6.45) is 1.07. The number of halogens is 1. The van der Waals surface area contributed by atoms with Crippen molar-refractivity contribution in [3.05, 3.63) is 64.7 Å². The van der Waals surface area contributed by atoms with Crippen LogP contribution in [0.4, 0.5) is 5.69 Å². The normalized spacial score (nSPS) is 12.8. The fraction of sp³-hybridized carbons (Fsp3) is 0.462. The molecule has 0 aromatic heterocycles. The lowest BCUT2D eigenvalue weighted by Gasteiger charge is -2.34. The van der Waals surface area contributed by atoms with Crippen molar-refractivity contribution in [3.63, 3.8) is 0 Å². The average molecular weight is 522 g/mol. The third-order valence-electron chi connectivity index (χ3n) is 5.47. The number of carbonyl (C=O) groups excluding carboxylic acids is 2. The number of hydrogen-bond donors (Lipinski definition) is 1. The number of para-hydroxylation sites is 1. The molecule has 2 aromatic carbocycles. The number of anilines is 1. The Labute approximate surface area is 214 Å². The first-order valence-corrected chi connectivity index (χ1v) is 13.8. The molecule has 0 radical (unpaired) electrons. The van der Waals surface area contributed by atoms with Gasteiger partial charge in [0, 0.05) is 17.1 Å². The predicted octanol–water partition coefficient (Wildman–Crippen LogP) is 4.56. The van der Waals surface area contributed by atoms with Crippen molar-refractivity contribution in [2.45, 2.75) is 65.6 Å². The first-order chi connectivity index (χ1) is 16.1. The highest BCUT2D eigenvalue weighted by atomic mass is 35.5. The van der Waals surface area contributed by atoms with Crippen LogP contribution in [0, 0.1) is 0 Å². The molecular formula is C26H36ClN3O4S. The van der Waals surface area contributed by atoms with E-state index < -0.39 is 34.1 Å². The largest absolute Gasteiger partial charge is 0.350 e. The third-order valence-corrected chi connectivity index (χ3v) is 6.97. The highest BCUT2D eigenvalue weighted by Gasteiger charge is 2.32. The van der Waals surface area contributed by atoms with Gasteiger partial charge in [0.15, 0.2) is 0 Å². The smallest absolute Gasteiger partial charge is 0.244 e. The molecule has 0 aliphatic carbocycles. The highest BCUT2D eigenvalue weighted by Crippen LogP contribution is 2.29. The minimum Gasteiger partial charge on any atom is -0.350 e.